The molecule has 1 rings (SSSR count). The van der Waals surface area contributed by atoms with Crippen LogP contribution in [0.2, 0.25) is 0 Å². The molecule has 0 aromatic carbocycles. The Morgan fingerprint density at radius 3 is 2.29 bits per heavy atom. The Morgan fingerprint density at radius 2 is 1.82 bits per heavy atom. The van der Waals surface area contributed by atoms with Crippen LogP contribution in [-0.2, 0) is 6.42 Å². The topological polar surface area (TPSA) is 15.8 Å². The van der Waals surface area contributed by atoms with Gasteiger partial charge in [0, 0.05) is 17.8 Å². The molecule has 1 N–H and O–H groups in total. The predicted molar refractivity (Wildman–Crippen MR) is 76.4 cm³/mol. The number of hydrogen-bond donors (Lipinski definition) is 1. The lowest BCUT2D eigenvalue weighted by Crippen LogP contribution is -2.09. The van der Waals surface area contributed by atoms with Crippen molar-refractivity contribution in [1.29, 1.82) is 0 Å². The van der Waals surface area contributed by atoms with Crippen molar-refractivity contribution in [3.05, 3.63) is 23.5 Å². The van der Waals surface area contributed by atoms with Gasteiger partial charge in [-0.1, -0.05) is 48.0 Å². The van der Waals surface area contributed by atoms with E-state index in [1.54, 1.807) is 0 Å². The molecule has 1 nitrogen and oxygen atoms in total. The van der Waals surface area contributed by atoms with Crippen LogP contribution in [0.5, 0.6) is 0 Å². The van der Waals surface area contributed by atoms with Gasteiger partial charge in [0.2, 0.25) is 0 Å². The van der Waals surface area contributed by atoms with Crippen molar-refractivity contribution >= 4 is 0 Å². The van der Waals surface area contributed by atoms with E-state index in [9.17, 15) is 0 Å². The Bertz CT molecular complexity index is 330. The Kier molecular flexibility index (Phi) is 4.85. The van der Waals surface area contributed by atoms with E-state index in [2.05, 4.69) is 58.8 Å². The molecule has 0 radical (unpaired) electrons. The van der Waals surface area contributed by atoms with Gasteiger partial charge in [-0.05, 0) is 35.8 Å². The molecule has 1 heterocycles. The summed E-state index contributed by atoms with van der Waals surface area (Å²) in [4.78, 5) is 3.49. The molecule has 1 aromatic rings. The largest absolute Gasteiger partial charge is 0.364 e. The van der Waals surface area contributed by atoms with Crippen LogP contribution < -0.4 is 0 Å². The molecule has 98 valence electrons. The van der Waals surface area contributed by atoms with Crippen LogP contribution in [0.1, 0.15) is 71.6 Å². The van der Waals surface area contributed by atoms with Crippen molar-refractivity contribution in [3.63, 3.8) is 0 Å². The van der Waals surface area contributed by atoms with Gasteiger partial charge < -0.3 is 4.98 Å². The third-order valence-corrected chi connectivity index (χ3v) is 3.67. The second kappa shape index (κ2) is 5.75. The van der Waals surface area contributed by atoms with Crippen molar-refractivity contribution in [3.8, 4) is 0 Å². The van der Waals surface area contributed by atoms with E-state index in [1.807, 2.05) is 0 Å². The van der Waals surface area contributed by atoms with Gasteiger partial charge in [0.1, 0.15) is 0 Å². The fourth-order valence-corrected chi connectivity index (χ4v) is 2.60. The molecular formula is C16H29N. The lowest BCUT2D eigenvalue weighted by Gasteiger charge is -2.20. The molecule has 17 heavy (non-hydrogen) atoms. The van der Waals surface area contributed by atoms with Gasteiger partial charge in [0.05, 0.1) is 0 Å². The molecule has 0 bridgehead atoms. The number of aromatic amines is 1. The summed E-state index contributed by atoms with van der Waals surface area (Å²) in [7, 11) is 0. The van der Waals surface area contributed by atoms with E-state index in [1.165, 1.54) is 24.1 Å². The summed E-state index contributed by atoms with van der Waals surface area (Å²) in [5.74, 6) is 1.45. The summed E-state index contributed by atoms with van der Waals surface area (Å²) < 4.78 is 0. The van der Waals surface area contributed by atoms with Gasteiger partial charge in [-0.2, -0.15) is 0 Å². The van der Waals surface area contributed by atoms with Crippen molar-refractivity contribution in [2.45, 2.75) is 66.7 Å². The Labute approximate surface area is 107 Å². The Balaban J connectivity index is 2.79. The molecule has 1 heteroatoms. The summed E-state index contributed by atoms with van der Waals surface area (Å²) in [6, 6.07) is 2.38. The van der Waals surface area contributed by atoms with E-state index in [4.69, 9.17) is 0 Å². The lowest BCUT2D eigenvalue weighted by atomic mass is 9.85. The lowest BCUT2D eigenvalue weighted by molar-refractivity contribution is 0.411. The van der Waals surface area contributed by atoms with Crippen LogP contribution in [-0.4, -0.2) is 4.98 Å². The summed E-state index contributed by atoms with van der Waals surface area (Å²) in [5, 5.41) is 0. The third-order valence-electron chi connectivity index (χ3n) is 3.67. The molecule has 2 unspecified atom stereocenters. The first-order chi connectivity index (χ1) is 7.87. The highest BCUT2D eigenvalue weighted by Crippen LogP contribution is 2.30. The van der Waals surface area contributed by atoms with Gasteiger partial charge in [-0.15, -0.1) is 0 Å². The quantitative estimate of drug-likeness (QED) is 0.727. The molecule has 0 amide bonds. The zero-order valence-electron chi connectivity index (χ0n) is 12.4. The second-order valence-electron chi connectivity index (χ2n) is 6.60. The van der Waals surface area contributed by atoms with Gasteiger partial charge in [-0.25, -0.2) is 0 Å². The fraction of sp³-hybridized carbons (Fsp3) is 0.750. The molecule has 1 aromatic heterocycles. The first-order valence-corrected chi connectivity index (χ1v) is 7.04. The van der Waals surface area contributed by atoms with Crippen LogP contribution in [0.3, 0.4) is 0 Å². The fourth-order valence-electron chi connectivity index (χ4n) is 2.60. The summed E-state index contributed by atoms with van der Waals surface area (Å²) in [6.07, 6.45) is 5.84. The van der Waals surface area contributed by atoms with Crippen LogP contribution in [0.4, 0.5) is 0 Å². The number of aromatic nitrogens is 1. The maximum Gasteiger partial charge on any atom is 0.0184 e. The number of H-pyrrole nitrogens is 1. The maximum absolute atomic E-state index is 3.49. The van der Waals surface area contributed by atoms with E-state index in [0.717, 1.165) is 12.3 Å². The number of hydrogen-bond acceptors (Lipinski definition) is 0. The molecule has 0 saturated carbocycles. The maximum atomic E-state index is 3.49. The van der Waals surface area contributed by atoms with Crippen molar-refractivity contribution in [1.82, 2.24) is 4.98 Å². The molecule has 2 atom stereocenters. The first-order valence-electron chi connectivity index (χ1n) is 7.04. The van der Waals surface area contributed by atoms with Crippen molar-refractivity contribution in [2.75, 3.05) is 0 Å². The van der Waals surface area contributed by atoms with Gasteiger partial charge in [0.15, 0.2) is 0 Å². The SMILES string of the molecule is CCC(C)C(CC)c1cc(CC(C)(C)C)c[nH]1. The summed E-state index contributed by atoms with van der Waals surface area (Å²) in [5.41, 5.74) is 3.26. The van der Waals surface area contributed by atoms with E-state index < -0.39 is 0 Å². The first kappa shape index (κ1) is 14.3. The minimum atomic E-state index is 0.373. The number of rotatable bonds is 5. The van der Waals surface area contributed by atoms with Gasteiger partial charge in [-0.3, -0.25) is 0 Å². The van der Waals surface area contributed by atoms with Crippen LogP contribution in [0.25, 0.3) is 0 Å². The molecule has 0 aliphatic carbocycles. The highest BCUT2D eigenvalue weighted by atomic mass is 14.7. The van der Waals surface area contributed by atoms with E-state index in [0.29, 0.717) is 11.3 Å². The van der Waals surface area contributed by atoms with Crippen LogP contribution in [0, 0.1) is 11.3 Å². The van der Waals surface area contributed by atoms with Gasteiger partial charge >= 0.3 is 0 Å². The van der Waals surface area contributed by atoms with Crippen molar-refractivity contribution in [2.24, 2.45) is 11.3 Å². The minimum Gasteiger partial charge on any atom is -0.364 e. The van der Waals surface area contributed by atoms with Crippen LogP contribution >= 0.6 is 0 Å². The van der Waals surface area contributed by atoms with E-state index >= 15 is 0 Å². The predicted octanol–water partition coefficient (Wildman–Crippen LogP) is 5.14. The average molecular weight is 235 g/mol. The standard InChI is InChI=1S/C16H29N/c1-7-12(3)14(8-2)15-9-13(11-17-15)10-16(4,5)6/h9,11-12,14,17H,7-8,10H2,1-6H3. The summed E-state index contributed by atoms with van der Waals surface area (Å²) in [6.45, 7) is 13.8. The highest BCUT2D eigenvalue weighted by molar-refractivity contribution is 5.21. The highest BCUT2D eigenvalue weighted by Gasteiger charge is 2.19. The molecule has 0 aliphatic rings. The third kappa shape index (κ3) is 4.22. The smallest absolute Gasteiger partial charge is 0.0184 e. The second-order valence-corrected chi connectivity index (χ2v) is 6.60. The number of nitrogens with one attached hydrogen (secondary N) is 1. The monoisotopic (exact) mass is 235 g/mol. The summed E-state index contributed by atoms with van der Waals surface area (Å²) >= 11 is 0. The molecule has 0 fully saturated rings. The molecule has 0 aliphatic heterocycles. The van der Waals surface area contributed by atoms with E-state index in [-0.39, 0.29) is 0 Å². The van der Waals surface area contributed by atoms with Gasteiger partial charge in [0.25, 0.3) is 0 Å². The normalized spacial score (nSPS) is 15.9. The van der Waals surface area contributed by atoms with Crippen LogP contribution in [0.15, 0.2) is 12.3 Å². The Hall–Kier alpha value is -0.720. The molecule has 0 saturated heterocycles. The Morgan fingerprint density at radius 1 is 1.18 bits per heavy atom. The zero-order chi connectivity index (χ0) is 13.1. The average Bonchev–Trinajstić information content (AvgIpc) is 2.64. The minimum absolute atomic E-state index is 0.373. The zero-order valence-corrected chi connectivity index (χ0v) is 12.4. The molecule has 0 spiro atoms. The molecular weight excluding hydrogens is 206 g/mol. The van der Waals surface area contributed by atoms with Crippen molar-refractivity contribution < 1.29 is 0 Å².